The van der Waals surface area contributed by atoms with Gasteiger partial charge in [0.05, 0.1) is 6.54 Å². The highest BCUT2D eigenvalue weighted by molar-refractivity contribution is 5.95. The third kappa shape index (κ3) is 6.50. The maximum atomic E-state index is 11.4. The van der Waals surface area contributed by atoms with Crippen LogP contribution in [0.1, 0.15) is 6.92 Å². The number of carboxylic acids is 1. The van der Waals surface area contributed by atoms with E-state index in [2.05, 4.69) is 15.2 Å². The average Bonchev–Trinajstić information content (AvgIpc) is 2.80. The molecule has 3 amide bonds. The summed E-state index contributed by atoms with van der Waals surface area (Å²) in [6.07, 6.45) is 3.37. The van der Waals surface area contributed by atoms with Gasteiger partial charge in [-0.25, -0.2) is 9.59 Å². The zero-order valence-corrected chi connectivity index (χ0v) is 10.9. The molecule has 1 rings (SSSR count). The largest absolute Gasteiger partial charge is 0.480 e. The van der Waals surface area contributed by atoms with Crippen molar-refractivity contribution in [2.45, 2.75) is 19.5 Å². The number of amides is 3. The first kappa shape index (κ1) is 15.6. The Morgan fingerprint density at radius 3 is 2.75 bits per heavy atom. The summed E-state index contributed by atoms with van der Waals surface area (Å²) in [7, 11) is 0. The van der Waals surface area contributed by atoms with E-state index in [1.807, 2.05) is 5.32 Å². The maximum Gasteiger partial charge on any atom is 0.329 e. The van der Waals surface area contributed by atoms with Crippen molar-refractivity contribution < 1.29 is 24.2 Å². The second kappa shape index (κ2) is 7.89. The molecule has 9 heteroatoms. The van der Waals surface area contributed by atoms with Crippen LogP contribution in [0, 0.1) is 0 Å². The smallest absolute Gasteiger partial charge is 0.329 e. The standard InChI is InChI=1S/C11H16N4O5/c1-8(5-15-4-2-3-12-15)13-11(19)14-9(16)6-20-7-10(17)18/h2-4,8H,5-7H2,1H3,(H,17,18)(H2,13,14,16,19). The van der Waals surface area contributed by atoms with Crippen molar-refractivity contribution >= 4 is 17.9 Å². The topological polar surface area (TPSA) is 123 Å². The van der Waals surface area contributed by atoms with Crippen molar-refractivity contribution in [2.24, 2.45) is 0 Å². The lowest BCUT2D eigenvalue weighted by molar-refractivity contribution is -0.143. The Morgan fingerprint density at radius 1 is 1.40 bits per heavy atom. The van der Waals surface area contributed by atoms with Crippen molar-refractivity contribution in [1.82, 2.24) is 20.4 Å². The first-order valence-corrected chi connectivity index (χ1v) is 5.84. The van der Waals surface area contributed by atoms with E-state index in [1.165, 1.54) is 0 Å². The van der Waals surface area contributed by atoms with Gasteiger partial charge in [0, 0.05) is 18.4 Å². The molecule has 1 aromatic rings. The predicted molar refractivity (Wildman–Crippen MR) is 66.8 cm³/mol. The van der Waals surface area contributed by atoms with Crippen molar-refractivity contribution in [2.75, 3.05) is 13.2 Å². The number of aromatic nitrogens is 2. The Hall–Kier alpha value is -2.42. The number of aliphatic carboxylic acids is 1. The Labute approximate surface area is 114 Å². The fourth-order valence-corrected chi connectivity index (χ4v) is 1.39. The Bertz CT molecular complexity index is 459. The molecule has 0 aliphatic carbocycles. The normalized spacial score (nSPS) is 11.7. The van der Waals surface area contributed by atoms with Crippen molar-refractivity contribution in [3.8, 4) is 0 Å². The van der Waals surface area contributed by atoms with Gasteiger partial charge in [-0.15, -0.1) is 0 Å². The summed E-state index contributed by atoms with van der Waals surface area (Å²) in [6, 6.07) is 0.854. The second-order valence-corrected chi connectivity index (χ2v) is 4.04. The summed E-state index contributed by atoms with van der Waals surface area (Å²) in [5.41, 5.74) is 0. The van der Waals surface area contributed by atoms with Gasteiger partial charge in [0.15, 0.2) is 0 Å². The number of carboxylic acid groups (broad SMARTS) is 1. The Kier molecular flexibility index (Phi) is 6.17. The molecule has 0 radical (unpaired) electrons. The highest BCUT2D eigenvalue weighted by Gasteiger charge is 2.11. The Balaban J connectivity index is 2.21. The van der Waals surface area contributed by atoms with Crippen molar-refractivity contribution in [3.63, 3.8) is 0 Å². The molecule has 0 aliphatic rings. The molecular formula is C11H16N4O5. The lowest BCUT2D eigenvalue weighted by Crippen LogP contribution is -2.46. The molecule has 0 fully saturated rings. The van der Waals surface area contributed by atoms with Crippen LogP contribution in [0.3, 0.4) is 0 Å². The summed E-state index contributed by atoms with van der Waals surface area (Å²) in [5.74, 6) is -1.90. The average molecular weight is 284 g/mol. The number of rotatable bonds is 7. The number of hydrogen-bond donors (Lipinski definition) is 3. The number of carbonyl (C=O) groups is 3. The van der Waals surface area contributed by atoms with Crippen LogP contribution in [-0.4, -0.2) is 52.1 Å². The van der Waals surface area contributed by atoms with Gasteiger partial charge in [-0.3, -0.25) is 14.8 Å². The molecule has 3 N–H and O–H groups in total. The molecule has 1 unspecified atom stereocenters. The summed E-state index contributed by atoms with van der Waals surface area (Å²) in [5, 5.41) is 16.9. The van der Waals surface area contributed by atoms with Gasteiger partial charge in [0.25, 0.3) is 5.91 Å². The van der Waals surface area contributed by atoms with Gasteiger partial charge >= 0.3 is 12.0 Å². The van der Waals surface area contributed by atoms with Gasteiger partial charge in [0.1, 0.15) is 13.2 Å². The van der Waals surface area contributed by atoms with Gasteiger partial charge in [-0.2, -0.15) is 5.10 Å². The number of ether oxygens (including phenoxy) is 1. The monoisotopic (exact) mass is 284 g/mol. The SMILES string of the molecule is CC(Cn1cccn1)NC(=O)NC(=O)COCC(=O)O. The van der Waals surface area contributed by atoms with Crippen LogP contribution >= 0.6 is 0 Å². The molecule has 0 aliphatic heterocycles. The number of nitrogens with zero attached hydrogens (tertiary/aromatic N) is 2. The van der Waals surface area contributed by atoms with Crippen LogP contribution in [0.25, 0.3) is 0 Å². The number of carbonyl (C=O) groups excluding carboxylic acids is 2. The molecule has 1 atom stereocenters. The molecule has 9 nitrogen and oxygen atoms in total. The van der Waals surface area contributed by atoms with Gasteiger partial charge in [-0.1, -0.05) is 0 Å². The molecule has 110 valence electrons. The third-order valence-electron chi connectivity index (χ3n) is 2.11. The van der Waals surface area contributed by atoms with Gasteiger partial charge in [-0.05, 0) is 13.0 Å². The maximum absolute atomic E-state index is 11.4. The van der Waals surface area contributed by atoms with Crippen molar-refractivity contribution in [1.29, 1.82) is 0 Å². The third-order valence-corrected chi connectivity index (χ3v) is 2.11. The molecule has 0 bridgehead atoms. The van der Waals surface area contributed by atoms with E-state index in [9.17, 15) is 14.4 Å². The van der Waals surface area contributed by atoms with E-state index in [1.54, 1.807) is 30.1 Å². The second-order valence-electron chi connectivity index (χ2n) is 4.04. The van der Waals surface area contributed by atoms with Crippen LogP contribution < -0.4 is 10.6 Å². The minimum atomic E-state index is -1.19. The van der Waals surface area contributed by atoms with E-state index in [0.717, 1.165) is 0 Å². The van der Waals surface area contributed by atoms with Gasteiger partial charge in [0.2, 0.25) is 0 Å². The predicted octanol–water partition coefficient (Wildman–Crippen LogP) is -0.801. The molecule has 1 heterocycles. The zero-order chi connectivity index (χ0) is 15.0. The summed E-state index contributed by atoms with van der Waals surface area (Å²) in [6.45, 7) is 1.13. The molecule has 0 aromatic carbocycles. The first-order valence-electron chi connectivity index (χ1n) is 5.84. The van der Waals surface area contributed by atoms with E-state index < -0.39 is 31.1 Å². The number of hydrogen-bond acceptors (Lipinski definition) is 5. The van der Waals surface area contributed by atoms with E-state index >= 15 is 0 Å². The first-order chi connectivity index (χ1) is 9.47. The molecule has 20 heavy (non-hydrogen) atoms. The number of nitrogens with one attached hydrogen (secondary N) is 2. The van der Waals surface area contributed by atoms with Crippen LogP contribution in [-0.2, 0) is 20.9 Å². The van der Waals surface area contributed by atoms with E-state index in [-0.39, 0.29) is 6.04 Å². The lowest BCUT2D eigenvalue weighted by atomic mass is 10.3. The van der Waals surface area contributed by atoms with Crippen LogP contribution in [0.15, 0.2) is 18.5 Å². The molecule has 0 saturated carbocycles. The Morgan fingerprint density at radius 2 is 2.15 bits per heavy atom. The molecule has 0 saturated heterocycles. The molecular weight excluding hydrogens is 268 g/mol. The van der Waals surface area contributed by atoms with E-state index in [4.69, 9.17) is 5.11 Å². The van der Waals surface area contributed by atoms with Crippen molar-refractivity contribution in [3.05, 3.63) is 18.5 Å². The van der Waals surface area contributed by atoms with Crippen LogP contribution in [0.4, 0.5) is 4.79 Å². The lowest BCUT2D eigenvalue weighted by Gasteiger charge is -2.14. The number of urea groups is 1. The minimum absolute atomic E-state index is 0.234. The highest BCUT2D eigenvalue weighted by Crippen LogP contribution is 1.90. The summed E-state index contributed by atoms with van der Waals surface area (Å²) < 4.78 is 6.18. The molecule has 1 aromatic heterocycles. The minimum Gasteiger partial charge on any atom is -0.480 e. The highest BCUT2D eigenvalue weighted by atomic mass is 16.5. The molecule has 0 spiro atoms. The van der Waals surface area contributed by atoms with Crippen LogP contribution in [0.2, 0.25) is 0 Å². The summed E-state index contributed by atoms with van der Waals surface area (Å²) in [4.78, 5) is 32.8. The van der Waals surface area contributed by atoms with E-state index in [0.29, 0.717) is 6.54 Å². The number of imide groups is 1. The zero-order valence-electron chi connectivity index (χ0n) is 10.9. The quantitative estimate of drug-likeness (QED) is 0.602. The summed E-state index contributed by atoms with van der Waals surface area (Å²) >= 11 is 0. The van der Waals surface area contributed by atoms with Crippen LogP contribution in [0.5, 0.6) is 0 Å². The fraction of sp³-hybridized carbons (Fsp3) is 0.455. The fourth-order valence-electron chi connectivity index (χ4n) is 1.39. The van der Waals surface area contributed by atoms with Gasteiger partial charge < -0.3 is 15.2 Å².